The Morgan fingerprint density at radius 1 is 1.36 bits per heavy atom. The molecule has 11 heavy (non-hydrogen) atoms. The third-order valence-corrected chi connectivity index (χ3v) is 2.41. The average Bonchev–Trinajstić information content (AvgIpc) is 1.51. The molecule has 0 N–H and O–H groups in total. The average molecular weight is 155 g/mol. The van der Waals surface area contributed by atoms with E-state index in [0.717, 1.165) is 13.1 Å². The second kappa shape index (κ2) is 2.59. The Hall–Kier alpha value is -0.370. The molecule has 1 aliphatic rings. The maximum absolute atomic E-state index is 10.9. The maximum atomic E-state index is 10.9. The largest absolute Gasteiger partial charge is 0.300 e. The first-order valence-electron chi connectivity index (χ1n) is 4.17. The minimum Gasteiger partial charge on any atom is -0.300 e. The van der Waals surface area contributed by atoms with Crippen LogP contribution in [0.4, 0.5) is 0 Å². The molecule has 1 saturated heterocycles. The van der Waals surface area contributed by atoms with E-state index in [-0.39, 0.29) is 5.54 Å². The lowest BCUT2D eigenvalue weighted by Gasteiger charge is -2.46. The molecular formula is C9H17NO. The highest BCUT2D eigenvalue weighted by Gasteiger charge is 2.36. The lowest BCUT2D eigenvalue weighted by Crippen LogP contribution is -2.57. The van der Waals surface area contributed by atoms with Gasteiger partial charge in [0.05, 0.1) is 0 Å². The molecule has 0 aromatic carbocycles. The van der Waals surface area contributed by atoms with Gasteiger partial charge in [0.1, 0.15) is 5.78 Å². The summed E-state index contributed by atoms with van der Waals surface area (Å²) in [7, 11) is 0. The fraction of sp³-hybridized carbons (Fsp3) is 0.889. The lowest BCUT2D eigenvalue weighted by molar-refractivity contribution is -0.128. The molecule has 0 aromatic rings. The molecule has 0 bridgehead atoms. The van der Waals surface area contributed by atoms with Gasteiger partial charge in [0.15, 0.2) is 0 Å². The molecule has 1 fully saturated rings. The van der Waals surface area contributed by atoms with E-state index in [9.17, 15) is 4.79 Å². The van der Waals surface area contributed by atoms with Crippen LogP contribution in [0.5, 0.6) is 0 Å². The molecule has 2 heteroatoms. The molecule has 1 aliphatic heterocycles. The summed E-state index contributed by atoms with van der Waals surface area (Å²) in [6, 6.07) is 0. The molecule has 1 heterocycles. The number of likely N-dealkylation sites (tertiary alicyclic amines) is 1. The number of rotatable bonds is 1. The fourth-order valence-corrected chi connectivity index (χ4v) is 1.28. The van der Waals surface area contributed by atoms with Gasteiger partial charge in [-0.15, -0.1) is 0 Å². The van der Waals surface area contributed by atoms with Gasteiger partial charge in [-0.3, -0.25) is 9.69 Å². The van der Waals surface area contributed by atoms with Crippen LogP contribution < -0.4 is 0 Å². The first kappa shape index (κ1) is 8.72. The fourth-order valence-electron chi connectivity index (χ4n) is 1.28. The monoisotopic (exact) mass is 155 g/mol. The predicted molar refractivity (Wildman–Crippen MR) is 45.5 cm³/mol. The van der Waals surface area contributed by atoms with Crippen molar-refractivity contribution in [1.82, 2.24) is 4.90 Å². The van der Waals surface area contributed by atoms with E-state index < -0.39 is 0 Å². The molecule has 64 valence electrons. The highest BCUT2D eigenvalue weighted by molar-refractivity contribution is 5.79. The molecular weight excluding hydrogens is 138 g/mol. The lowest BCUT2D eigenvalue weighted by atomic mass is 9.90. The number of Topliss-reactive ketones (excluding diaryl/α,β-unsaturated/α-hetero) is 1. The van der Waals surface area contributed by atoms with Crippen molar-refractivity contribution in [2.75, 3.05) is 13.1 Å². The predicted octanol–water partition coefficient (Wildman–Crippen LogP) is 1.31. The van der Waals surface area contributed by atoms with Crippen molar-refractivity contribution in [2.45, 2.75) is 33.2 Å². The van der Waals surface area contributed by atoms with Gasteiger partial charge < -0.3 is 0 Å². The molecule has 2 nitrogen and oxygen atoms in total. The van der Waals surface area contributed by atoms with Crippen molar-refractivity contribution in [3.8, 4) is 0 Å². The smallest absolute Gasteiger partial charge is 0.135 e. The van der Waals surface area contributed by atoms with Crippen LogP contribution in [0, 0.1) is 5.92 Å². The van der Waals surface area contributed by atoms with Gasteiger partial charge in [-0.1, -0.05) is 0 Å². The third-order valence-electron chi connectivity index (χ3n) is 2.41. The Bertz CT molecular complexity index is 163. The molecule has 0 saturated carbocycles. The zero-order chi connectivity index (χ0) is 8.65. The summed E-state index contributed by atoms with van der Waals surface area (Å²) in [5.74, 6) is 0.653. The van der Waals surface area contributed by atoms with Gasteiger partial charge in [-0.05, 0) is 27.7 Å². The van der Waals surface area contributed by atoms with E-state index in [1.54, 1.807) is 6.92 Å². The van der Waals surface area contributed by atoms with Crippen molar-refractivity contribution in [2.24, 2.45) is 5.92 Å². The van der Waals surface area contributed by atoms with Gasteiger partial charge in [-0.25, -0.2) is 0 Å². The highest BCUT2D eigenvalue weighted by atomic mass is 16.1. The number of carbonyl (C=O) groups is 1. The van der Waals surface area contributed by atoms with Crippen molar-refractivity contribution < 1.29 is 4.79 Å². The quantitative estimate of drug-likeness (QED) is 0.569. The number of carbonyl (C=O) groups excluding carboxylic acids is 1. The van der Waals surface area contributed by atoms with Crippen LogP contribution in [0.2, 0.25) is 0 Å². The molecule has 0 radical (unpaired) electrons. The van der Waals surface area contributed by atoms with E-state index >= 15 is 0 Å². The summed E-state index contributed by atoms with van der Waals surface area (Å²) in [6.07, 6.45) is 0. The number of hydrogen-bond donors (Lipinski definition) is 0. The summed E-state index contributed by atoms with van der Waals surface area (Å²) in [5, 5.41) is 0. The van der Waals surface area contributed by atoms with Gasteiger partial charge in [0, 0.05) is 24.5 Å². The van der Waals surface area contributed by atoms with E-state index in [1.165, 1.54) is 0 Å². The Morgan fingerprint density at radius 2 is 1.82 bits per heavy atom. The summed E-state index contributed by atoms with van der Waals surface area (Å²) in [6.45, 7) is 10.2. The van der Waals surface area contributed by atoms with Crippen molar-refractivity contribution in [1.29, 1.82) is 0 Å². The molecule has 0 atom stereocenters. The first-order valence-corrected chi connectivity index (χ1v) is 4.17. The zero-order valence-electron chi connectivity index (χ0n) is 7.85. The first-order chi connectivity index (χ1) is 4.91. The van der Waals surface area contributed by atoms with Gasteiger partial charge in [0.25, 0.3) is 0 Å². The Morgan fingerprint density at radius 3 is 2.09 bits per heavy atom. The van der Waals surface area contributed by atoms with E-state index in [2.05, 4.69) is 25.7 Å². The summed E-state index contributed by atoms with van der Waals surface area (Å²) >= 11 is 0. The van der Waals surface area contributed by atoms with Crippen LogP contribution in [0.15, 0.2) is 0 Å². The Kier molecular flexibility index (Phi) is 2.06. The third kappa shape index (κ3) is 1.80. The summed E-state index contributed by atoms with van der Waals surface area (Å²) in [5.41, 5.74) is 0.242. The van der Waals surface area contributed by atoms with Gasteiger partial charge in [0.2, 0.25) is 0 Å². The summed E-state index contributed by atoms with van der Waals surface area (Å²) in [4.78, 5) is 13.2. The number of nitrogens with zero attached hydrogens (tertiary/aromatic N) is 1. The molecule has 0 amide bonds. The van der Waals surface area contributed by atoms with E-state index in [0.29, 0.717) is 11.7 Å². The maximum Gasteiger partial charge on any atom is 0.135 e. The van der Waals surface area contributed by atoms with Crippen LogP contribution >= 0.6 is 0 Å². The SMILES string of the molecule is CC(=O)C1CN(C(C)(C)C)C1. The van der Waals surface area contributed by atoms with Gasteiger partial charge in [-0.2, -0.15) is 0 Å². The number of hydrogen-bond acceptors (Lipinski definition) is 2. The molecule has 0 unspecified atom stereocenters. The highest BCUT2D eigenvalue weighted by Crippen LogP contribution is 2.25. The Labute approximate surface area is 68.6 Å². The van der Waals surface area contributed by atoms with E-state index in [1.807, 2.05) is 0 Å². The van der Waals surface area contributed by atoms with Crippen LogP contribution in [-0.2, 0) is 4.79 Å². The van der Waals surface area contributed by atoms with Crippen LogP contribution in [0.1, 0.15) is 27.7 Å². The van der Waals surface area contributed by atoms with Crippen molar-refractivity contribution in [3.05, 3.63) is 0 Å². The minimum absolute atomic E-state index is 0.242. The molecule has 0 aromatic heterocycles. The topological polar surface area (TPSA) is 20.3 Å². The molecule has 1 rings (SSSR count). The van der Waals surface area contributed by atoms with E-state index in [4.69, 9.17) is 0 Å². The second-order valence-corrected chi connectivity index (χ2v) is 4.38. The second-order valence-electron chi connectivity index (χ2n) is 4.38. The van der Waals surface area contributed by atoms with Crippen LogP contribution in [0.3, 0.4) is 0 Å². The molecule has 0 aliphatic carbocycles. The van der Waals surface area contributed by atoms with Crippen molar-refractivity contribution >= 4 is 5.78 Å². The van der Waals surface area contributed by atoms with Gasteiger partial charge >= 0.3 is 0 Å². The minimum atomic E-state index is 0.242. The van der Waals surface area contributed by atoms with Crippen molar-refractivity contribution in [3.63, 3.8) is 0 Å². The van der Waals surface area contributed by atoms with Crippen LogP contribution in [0.25, 0.3) is 0 Å². The number of ketones is 1. The van der Waals surface area contributed by atoms with Crippen LogP contribution in [-0.4, -0.2) is 29.3 Å². The summed E-state index contributed by atoms with van der Waals surface area (Å²) < 4.78 is 0. The normalized spacial score (nSPS) is 21.5. The Balaban J connectivity index is 2.35. The molecule has 0 spiro atoms. The standard InChI is InChI=1S/C9H17NO/c1-7(11)8-5-10(6-8)9(2,3)4/h8H,5-6H2,1-4H3. The zero-order valence-corrected chi connectivity index (χ0v) is 7.85.